The summed E-state index contributed by atoms with van der Waals surface area (Å²) >= 11 is 0. The first-order valence-corrected chi connectivity index (χ1v) is 9.37. The lowest BCUT2D eigenvalue weighted by Crippen LogP contribution is -2.15. The highest BCUT2D eigenvalue weighted by Crippen LogP contribution is 2.47. The minimum atomic E-state index is -0.0544. The van der Waals surface area contributed by atoms with E-state index in [4.69, 9.17) is 5.73 Å². The Kier molecular flexibility index (Phi) is 3.97. The van der Waals surface area contributed by atoms with E-state index in [2.05, 4.69) is 30.5 Å². The molecule has 5 rings (SSSR count). The molecule has 2 atom stereocenters. The molecular formula is C21H19N7O. The van der Waals surface area contributed by atoms with Crippen molar-refractivity contribution in [1.29, 1.82) is 0 Å². The Morgan fingerprint density at radius 3 is 2.97 bits per heavy atom. The quantitative estimate of drug-likeness (QED) is 0.496. The van der Waals surface area contributed by atoms with Crippen molar-refractivity contribution in [2.24, 2.45) is 5.92 Å². The van der Waals surface area contributed by atoms with Crippen molar-refractivity contribution < 1.29 is 4.79 Å². The lowest BCUT2D eigenvalue weighted by molar-refractivity contribution is -0.117. The number of nitrogens with one attached hydrogen (secondary N) is 2. The van der Waals surface area contributed by atoms with Gasteiger partial charge in [0.2, 0.25) is 5.91 Å². The monoisotopic (exact) mass is 385 g/mol. The van der Waals surface area contributed by atoms with Crippen LogP contribution >= 0.6 is 0 Å². The smallest absolute Gasteiger partial charge is 0.229 e. The molecule has 144 valence electrons. The summed E-state index contributed by atoms with van der Waals surface area (Å²) in [4.78, 5) is 25.6. The molecule has 1 aliphatic rings. The number of H-pyrrole nitrogens is 1. The zero-order chi connectivity index (χ0) is 20.0. The lowest BCUT2D eigenvalue weighted by atomic mass is 10.1. The van der Waals surface area contributed by atoms with Gasteiger partial charge in [0.25, 0.3) is 0 Å². The van der Waals surface area contributed by atoms with E-state index in [1.165, 1.54) is 0 Å². The van der Waals surface area contributed by atoms with Crippen LogP contribution in [0.2, 0.25) is 0 Å². The molecule has 4 aromatic rings. The molecule has 8 heteroatoms. The molecule has 0 unspecified atom stereocenters. The summed E-state index contributed by atoms with van der Waals surface area (Å²) < 4.78 is 0. The molecule has 4 heterocycles. The van der Waals surface area contributed by atoms with E-state index in [1.807, 2.05) is 31.3 Å². The summed E-state index contributed by atoms with van der Waals surface area (Å²) in [6.45, 7) is 2.00. The summed E-state index contributed by atoms with van der Waals surface area (Å²) in [5.74, 6) is 1.02. The predicted molar refractivity (Wildman–Crippen MR) is 110 cm³/mol. The van der Waals surface area contributed by atoms with Crippen LogP contribution in [0.1, 0.15) is 23.5 Å². The number of hydrogen-bond donors (Lipinski definition) is 3. The van der Waals surface area contributed by atoms with E-state index in [-0.39, 0.29) is 17.7 Å². The van der Waals surface area contributed by atoms with Crippen LogP contribution in [0.5, 0.6) is 0 Å². The minimum absolute atomic E-state index is 0.0339. The van der Waals surface area contributed by atoms with Crippen LogP contribution in [-0.4, -0.2) is 31.1 Å². The molecule has 0 radical (unpaired) electrons. The lowest BCUT2D eigenvalue weighted by Gasteiger charge is -2.10. The Labute approximate surface area is 166 Å². The second-order valence-electron chi connectivity index (χ2n) is 7.34. The van der Waals surface area contributed by atoms with Crippen LogP contribution < -0.4 is 11.1 Å². The SMILES string of the molecule is Cc1ccncc1-c1cc2cc(NC(=O)[C@H]3C[C@@H]3c3cn[nH]c3)ncc2c(N)n1. The van der Waals surface area contributed by atoms with Gasteiger partial charge in [-0.25, -0.2) is 9.97 Å². The van der Waals surface area contributed by atoms with Crippen LogP contribution in [-0.2, 0) is 4.79 Å². The number of nitrogens with zero attached hydrogens (tertiary/aromatic N) is 4. The van der Waals surface area contributed by atoms with Gasteiger partial charge < -0.3 is 11.1 Å². The number of aromatic nitrogens is 5. The highest BCUT2D eigenvalue weighted by atomic mass is 16.2. The Morgan fingerprint density at radius 2 is 2.17 bits per heavy atom. The zero-order valence-corrected chi connectivity index (χ0v) is 15.8. The average molecular weight is 385 g/mol. The molecule has 1 fully saturated rings. The molecule has 0 spiro atoms. The van der Waals surface area contributed by atoms with E-state index in [9.17, 15) is 4.79 Å². The number of amides is 1. The number of carbonyl (C=O) groups excluding carboxylic acids is 1. The van der Waals surface area contributed by atoms with Gasteiger partial charge in [0.05, 0.1) is 11.9 Å². The van der Waals surface area contributed by atoms with Crippen molar-refractivity contribution in [3.63, 3.8) is 0 Å². The Bertz CT molecular complexity index is 1220. The maximum Gasteiger partial charge on any atom is 0.229 e. The van der Waals surface area contributed by atoms with E-state index in [1.54, 1.807) is 24.8 Å². The van der Waals surface area contributed by atoms with Gasteiger partial charge in [-0.3, -0.25) is 14.9 Å². The molecule has 4 N–H and O–H groups in total. The number of pyridine rings is 3. The standard InChI is InChI=1S/C21H19N7O/c1-11-2-3-23-9-16(11)18-4-12-5-19(24-10-17(12)20(22)27-18)28-21(29)15-6-14(15)13-7-25-26-8-13/h2-5,7-10,14-15H,6H2,1H3,(H2,22,27)(H,25,26)(H,24,28,29)/t14-,15+/m1/s1. The maximum atomic E-state index is 12.6. The zero-order valence-electron chi connectivity index (χ0n) is 15.8. The molecule has 0 aromatic carbocycles. The number of nitrogens with two attached hydrogens (primary N) is 1. The first-order chi connectivity index (χ1) is 14.1. The van der Waals surface area contributed by atoms with E-state index < -0.39 is 0 Å². The van der Waals surface area contributed by atoms with E-state index >= 15 is 0 Å². The number of fused-ring (bicyclic) bond motifs is 1. The highest BCUT2D eigenvalue weighted by molar-refractivity contribution is 5.98. The Hall–Kier alpha value is -3.81. The van der Waals surface area contributed by atoms with Gasteiger partial charge in [-0.05, 0) is 54.0 Å². The van der Waals surface area contributed by atoms with Crippen molar-refractivity contribution in [3.8, 4) is 11.3 Å². The number of nitrogen functional groups attached to an aromatic ring is 1. The van der Waals surface area contributed by atoms with Crippen molar-refractivity contribution in [2.75, 3.05) is 11.1 Å². The molecular weight excluding hydrogens is 366 g/mol. The molecule has 0 saturated heterocycles. The first kappa shape index (κ1) is 17.3. The van der Waals surface area contributed by atoms with Crippen LogP contribution in [0.4, 0.5) is 11.6 Å². The molecule has 0 bridgehead atoms. The molecule has 4 aromatic heterocycles. The molecule has 8 nitrogen and oxygen atoms in total. The van der Waals surface area contributed by atoms with Gasteiger partial charge in [-0.2, -0.15) is 5.10 Å². The van der Waals surface area contributed by atoms with Crippen LogP contribution in [0, 0.1) is 12.8 Å². The third kappa shape index (κ3) is 3.18. The average Bonchev–Trinajstić information content (AvgIpc) is 3.33. The number of aryl methyl sites for hydroxylation is 1. The van der Waals surface area contributed by atoms with Crippen molar-refractivity contribution in [3.05, 3.63) is 60.3 Å². The molecule has 1 saturated carbocycles. The highest BCUT2D eigenvalue weighted by Gasteiger charge is 2.44. The third-order valence-corrected chi connectivity index (χ3v) is 5.39. The number of aromatic amines is 1. The summed E-state index contributed by atoms with van der Waals surface area (Å²) in [6.07, 6.45) is 9.59. The summed E-state index contributed by atoms with van der Waals surface area (Å²) in [7, 11) is 0. The van der Waals surface area contributed by atoms with Crippen molar-refractivity contribution in [1.82, 2.24) is 25.1 Å². The molecule has 0 aliphatic heterocycles. The molecule has 1 amide bonds. The topological polar surface area (TPSA) is 122 Å². The van der Waals surface area contributed by atoms with Crippen LogP contribution in [0.3, 0.4) is 0 Å². The number of carbonyl (C=O) groups is 1. The third-order valence-electron chi connectivity index (χ3n) is 5.39. The normalized spacial score (nSPS) is 18.0. The largest absolute Gasteiger partial charge is 0.383 e. The number of rotatable bonds is 4. The first-order valence-electron chi connectivity index (χ1n) is 9.37. The number of anilines is 2. The van der Waals surface area contributed by atoms with E-state index in [0.29, 0.717) is 11.6 Å². The summed E-state index contributed by atoms with van der Waals surface area (Å²) in [5, 5.41) is 11.3. The van der Waals surface area contributed by atoms with Crippen molar-refractivity contribution >= 4 is 28.3 Å². The Balaban J connectivity index is 1.42. The van der Waals surface area contributed by atoms with Gasteiger partial charge in [0.1, 0.15) is 11.6 Å². The minimum Gasteiger partial charge on any atom is -0.383 e. The van der Waals surface area contributed by atoms with Crippen LogP contribution in [0.15, 0.2) is 49.2 Å². The fourth-order valence-corrected chi connectivity index (χ4v) is 3.65. The second-order valence-corrected chi connectivity index (χ2v) is 7.34. The summed E-state index contributed by atoms with van der Waals surface area (Å²) in [6, 6.07) is 5.70. The van der Waals surface area contributed by atoms with Crippen molar-refractivity contribution in [2.45, 2.75) is 19.3 Å². The number of hydrogen-bond acceptors (Lipinski definition) is 6. The fraction of sp³-hybridized carbons (Fsp3) is 0.190. The fourth-order valence-electron chi connectivity index (χ4n) is 3.65. The van der Waals surface area contributed by atoms with Gasteiger partial charge in [0, 0.05) is 41.7 Å². The molecule has 1 aliphatic carbocycles. The van der Waals surface area contributed by atoms with Gasteiger partial charge in [0.15, 0.2) is 0 Å². The van der Waals surface area contributed by atoms with Gasteiger partial charge in [-0.1, -0.05) is 0 Å². The van der Waals surface area contributed by atoms with E-state index in [0.717, 1.165) is 39.6 Å². The van der Waals surface area contributed by atoms with Crippen LogP contribution in [0.25, 0.3) is 22.0 Å². The molecule has 29 heavy (non-hydrogen) atoms. The summed E-state index contributed by atoms with van der Waals surface area (Å²) in [5.41, 5.74) is 9.95. The van der Waals surface area contributed by atoms with Gasteiger partial charge in [-0.15, -0.1) is 0 Å². The predicted octanol–water partition coefficient (Wildman–Crippen LogP) is 3.05. The second kappa shape index (κ2) is 6.66. The maximum absolute atomic E-state index is 12.6. The van der Waals surface area contributed by atoms with Gasteiger partial charge >= 0.3 is 0 Å². The Morgan fingerprint density at radius 1 is 1.28 bits per heavy atom.